The second-order valence-corrected chi connectivity index (χ2v) is 4.76. The summed E-state index contributed by atoms with van der Waals surface area (Å²) in [5.41, 5.74) is 8.71. The minimum atomic E-state index is 0.172. The molecule has 0 bridgehead atoms. The van der Waals surface area contributed by atoms with Gasteiger partial charge in [0.2, 0.25) is 0 Å². The molecule has 2 N–H and O–H groups in total. The third kappa shape index (κ3) is 2.18. The zero-order valence-electron chi connectivity index (χ0n) is 8.92. The van der Waals surface area contributed by atoms with Crippen LogP contribution < -0.4 is 10.5 Å². The summed E-state index contributed by atoms with van der Waals surface area (Å²) >= 11 is 3.59. The van der Waals surface area contributed by atoms with E-state index in [0.717, 1.165) is 23.1 Å². The van der Waals surface area contributed by atoms with Crippen LogP contribution in [0, 0.1) is 0 Å². The summed E-state index contributed by atoms with van der Waals surface area (Å²) in [4.78, 5) is 0. The normalized spacial score (nSPS) is 19.8. The van der Waals surface area contributed by atoms with Crippen LogP contribution in [0.25, 0.3) is 0 Å². The molecule has 0 saturated carbocycles. The molecule has 2 rings (SSSR count). The van der Waals surface area contributed by atoms with Gasteiger partial charge in [0.15, 0.2) is 0 Å². The van der Waals surface area contributed by atoms with Crippen molar-refractivity contribution < 1.29 is 4.74 Å². The van der Waals surface area contributed by atoms with Gasteiger partial charge in [-0.2, -0.15) is 0 Å². The van der Waals surface area contributed by atoms with Crippen molar-refractivity contribution in [3.63, 3.8) is 0 Å². The van der Waals surface area contributed by atoms with Gasteiger partial charge < -0.3 is 10.5 Å². The van der Waals surface area contributed by atoms with Gasteiger partial charge in [0, 0.05) is 10.5 Å². The quantitative estimate of drug-likeness (QED) is 0.895. The summed E-state index contributed by atoms with van der Waals surface area (Å²) in [6.07, 6.45) is 3.38. The summed E-state index contributed by atoms with van der Waals surface area (Å²) in [7, 11) is 0. The standard InChI is InChI=1S/C12H16BrNO/c1-2-15-8-6-10-9(11(13)7-8)4-3-5-12(10)14/h6-7,12H,2-5,14H2,1H3. The number of hydrogen-bond acceptors (Lipinski definition) is 2. The van der Waals surface area contributed by atoms with Crippen LogP contribution in [0.5, 0.6) is 5.75 Å². The largest absolute Gasteiger partial charge is 0.494 e. The average molecular weight is 270 g/mol. The van der Waals surface area contributed by atoms with Gasteiger partial charge in [-0.05, 0) is 49.4 Å². The zero-order valence-corrected chi connectivity index (χ0v) is 10.5. The number of rotatable bonds is 2. The van der Waals surface area contributed by atoms with E-state index in [2.05, 4.69) is 22.0 Å². The third-order valence-electron chi connectivity index (χ3n) is 2.86. The molecule has 0 heterocycles. The van der Waals surface area contributed by atoms with Crippen molar-refractivity contribution in [2.75, 3.05) is 6.61 Å². The summed E-state index contributed by atoms with van der Waals surface area (Å²) in [6, 6.07) is 4.30. The summed E-state index contributed by atoms with van der Waals surface area (Å²) < 4.78 is 6.65. The number of ether oxygens (including phenoxy) is 1. The maximum atomic E-state index is 6.10. The molecule has 1 aliphatic carbocycles. The highest BCUT2D eigenvalue weighted by atomic mass is 79.9. The Kier molecular flexibility index (Phi) is 3.32. The smallest absolute Gasteiger partial charge is 0.120 e. The van der Waals surface area contributed by atoms with Gasteiger partial charge in [-0.3, -0.25) is 0 Å². The van der Waals surface area contributed by atoms with E-state index < -0.39 is 0 Å². The van der Waals surface area contributed by atoms with Gasteiger partial charge in [-0.25, -0.2) is 0 Å². The molecule has 0 fully saturated rings. The van der Waals surface area contributed by atoms with Crippen molar-refractivity contribution in [1.82, 2.24) is 0 Å². The van der Waals surface area contributed by atoms with Gasteiger partial charge in [0.1, 0.15) is 5.75 Å². The molecule has 2 nitrogen and oxygen atoms in total. The highest BCUT2D eigenvalue weighted by Gasteiger charge is 2.19. The molecule has 1 atom stereocenters. The van der Waals surface area contributed by atoms with Crippen LogP contribution in [0.1, 0.15) is 36.9 Å². The number of benzene rings is 1. The van der Waals surface area contributed by atoms with Crippen LogP contribution in [0.2, 0.25) is 0 Å². The fourth-order valence-corrected chi connectivity index (χ4v) is 2.78. The third-order valence-corrected chi connectivity index (χ3v) is 3.56. The van der Waals surface area contributed by atoms with Crippen LogP contribution in [0.3, 0.4) is 0 Å². The molecule has 15 heavy (non-hydrogen) atoms. The van der Waals surface area contributed by atoms with Crippen molar-refractivity contribution >= 4 is 15.9 Å². The lowest BCUT2D eigenvalue weighted by atomic mass is 9.88. The fourth-order valence-electron chi connectivity index (χ4n) is 2.13. The Morgan fingerprint density at radius 3 is 3.07 bits per heavy atom. The lowest BCUT2D eigenvalue weighted by molar-refractivity contribution is 0.339. The molecule has 1 aliphatic rings. The first-order valence-corrected chi connectivity index (χ1v) is 6.22. The molecule has 1 aromatic rings. The number of fused-ring (bicyclic) bond motifs is 1. The summed E-state index contributed by atoms with van der Waals surface area (Å²) in [5, 5.41) is 0. The maximum absolute atomic E-state index is 6.10. The first kappa shape index (κ1) is 11.0. The van der Waals surface area contributed by atoms with Crippen LogP contribution in [0.15, 0.2) is 16.6 Å². The van der Waals surface area contributed by atoms with E-state index in [9.17, 15) is 0 Å². The van der Waals surface area contributed by atoms with Crippen LogP contribution >= 0.6 is 15.9 Å². The SMILES string of the molecule is CCOc1cc(Br)c2c(c1)C(N)CCC2. The first-order valence-electron chi connectivity index (χ1n) is 5.43. The van der Waals surface area contributed by atoms with Crippen molar-refractivity contribution in [2.45, 2.75) is 32.2 Å². The van der Waals surface area contributed by atoms with Crippen molar-refractivity contribution in [3.8, 4) is 5.75 Å². The lowest BCUT2D eigenvalue weighted by Crippen LogP contribution is -2.17. The fraction of sp³-hybridized carbons (Fsp3) is 0.500. The topological polar surface area (TPSA) is 35.2 Å². The Morgan fingerprint density at radius 1 is 1.53 bits per heavy atom. The van der Waals surface area contributed by atoms with Gasteiger partial charge in [0.25, 0.3) is 0 Å². The molecule has 0 radical (unpaired) electrons. The van der Waals surface area contributed by atoms with E-state index in [4.69, 9.17) is 10.5 Å². The average Bonchev–Trinajstić information content (AvgIpc) is 2.20. The molecular weight excluding hydrogens is 254 g/mol. The molecule has 1 aromatic carbocycles. The maximum Gasteiger partial charge on any atom is 0.120 e. The zero-order chi connectivity index (χ0) is 10.8. The van der Waals surface area contributed by atoms with Crippen LogP contribution in [-0.2, 0) is 6.42 Å². The van der Waals surface area contributed by atoms with Gasteiger partial charge >= 0.3 is 0 Å². The monoisotopic (exact) mass is 269 g/mol. The molecule has 0 amide bonds. The van der Waals surface area contributed by atoms with Crippen molar-refractivity contribution in [1.29, 1.82) is 0 Å². The molecular formula is C12H16BrNO. The highest BCUT2D eigenvalue weighted by molar-refractivity contribution is 9.10. The molecule has 0 aromatic heterocycles. The lowest BCUT2D eigenvalue weighted by Gasteiger charge is -2.24. The molecule has 0 saturated heterocycles. The Hall–Kier alpha value is -0.540. The van der Waals surface area contributed by atoms with Crippen LogP contribution in [0.4, 0.5) is 0 Å². The number of hydrogen-bond donors (Lipinski definition) is 1. The van der Waals surface area contributed by atoms with E-state index in [0.29, 0.717) is 6.61 Å². The van der Waals surface area contributed by atoms with E-state index in [1.807, 2.05) is 13.0 Å². The first-order chi connectivity index (χ1) is 7.22. The van der Waals surface area contributed by atoms with E-state index in [-0.39, 0.29) is 6.04 Å². The van der Waals surface area contributed by atoms with Gasteiger partial charge in [0.05, 0.1) is 6.61 Å². The number of nitrogens with two attached hydrogens (primary N) is 1. The van der Waals surface area contributed by atoms with E-state index in [1.165, 1.54) is 17.5 Å². The van der Waals surface area contributed by atoms with Gasteiger partial charge in [-0.15, -0.1) is 0 Å². The summed E-state index contributed by atoms with van der Waals surface area (Å²) in [6.45, 7) is 2.69. The molecule has 82 valence electrons. The van der Waals surface area contributed by atoms with Gasteiger partial charge in [-0.1, -0.05) is 15.9 Å². The number of halogens is 1. The summed E-state index contributed by atoms with van der Waals surface area (Å²) in [5.74, 6) is 0.917. The molecule has 1 unspecified atom stereocenters. The highest BCUT2D eigenvalue weighted by Crippen LogP contribution is 2.36. The van der Waals surface area contributed by atoms with E-state index >= 15 is 0 Å². The molecule has 3 heteroatoms. The second kappa shape index (κ2) is 4.54. The Morgan fingerprint density at radius 2 is 2.33 bits per heavy atom. The molecule has 0 spiro atoms. The minimum absolute atomic E-state index is 0.172. The van der Waals surface area contributed by atoms with E-state index in [1.54, 1.807) is 0 Å². The second-order valence-electron chi connectivity index (χ2n) is 3.90. The Labute approximate surface area is 98.9 Å². The van der Waals surface area contributed by atoms with Crippen molar-refractivity contribution in [3.05, 3.63) is 27.7 Å². The predicted octanol–water partition coefficient (Wildman–Crippen LogP) is 3.18. The predicted molar refractivity (Wildman–Crippen MR) is 65.2 cm³/mol. The minimum Gasteiger partial charge on any atom is -0.494 e. The Balaban J connectivity index is 2.42. The molecule has 0 aliphatic heterocycles. The van der Waals surface area contributed by atoms with Crippen molar-refractivity contribution in [2.24, 2.45) is 5.73 Å². The Bertz CT molecular complexity index is 365. The van der Waals surface area contributed by atoms with Crippen LogP contribution in [-0.4, -0.2) is 6.61 Å².